The molecule has 3 heterocycles. The molecule has 7 heteroatoms. The number of aryl methyl sites for hydroxylation is 3. The summed E-state index contributed by atoms with van der Waals surface area (Å²) in [5.74, 6) is 0.536. The Labute approximate surface area is 185 Å². The average molecular weight is 425 g/mol. The summed E-state index contributed by atoms with van der Waals surface area (Å²) in [5, 5.41) is 4.45. The number of rotatable bonds is 5. The van der Waals surface area contributed by atoms with Crippen LogP contribution in [0, 0.1) is 0 Å². The first-order valence-electron chi connectivity index (χ1n) is 10.3. The minimum absolute atomic E-state index is 0.0541. The van der Waals surface area contributed by atoms with Gasteiger partial charge in [-0.05, 0) is 23.3 Å². The largest absolute Gasteiger partial charge is 0.471 e. The molecule has 160 valence electrons. The van der Waals surface area contributed by atoms with Crippen molar-refractivity contribution in [2.75, 3.05) is 0 Å². The summed E-state index contributed by atoms with van der Waals surface area (Å²) in [7, 11) is 5.58. The fraction of sp³-hybridized carbons (Fsp3) is 0.160. The van der Waals surface area contributed by atoms with E-state index >= 15 is 0 Å². The monoisotopic (exact) mass is 425 g/mol. The van der Waals surface area contributed by atoms with Gasteiger partial charge >= 0.3 is 0 Å². The number of fused-ring (bicyclic) bond motifs is 1. The Morgan fingerprint density at radius 1 is 0.844 bits per heavy atom. The lowest BCUT2D eigenvalue weighted by atomic mass is 10.0. The van der Waals surface area contributed by atoms with Gasteiger partial charge in [0, 0.05) is 50.7 Å². The second-order valence-corrected chi connectivity index (χ2v) is 7.90. The summed E-state index contributed by atoms with van der Waals surface area (Å²) in [4.78, 5) is 16.3. The van der Waals surface area contributed by atoms with Crippen molar-refractivity contribution in [2.45, 2.75) is 6.61 Å². The summed E-state index contributed by atoms with van der Waals surface area (Å²) in [6.07, 6.45) is 5.52. The zero-order valence-electron chi connectivity index (χ0n) is 18.2. The smallest absolute Gasteiger partial charge is 0.250 e. The lowest BCUT2D eigenvalue weighted by molar-refractivity contribution is 0.292. The van der Waals surface area contributed by atoms with Gasteiger partial charge in [-0.15, -0.1) is 5.10 Å². The van der Waals surface area contributed by atoms with Gasteiger partial charge in [0.2, 0.25) is 11.4 Å². The number of nitrogens with zero attached hydrogens (tertiary/aromatic N) is 5. The third kappa shape index (κ3) is 3.58. The maximum absolute atomic E-state index is 11.7. The van der Waals surface area contributed by atoms with E-state index < -0.39 is 0 Å². The van der Waals surface area contributed by atoms with Crippen molar-refractivity contribution in [3.05, 3.63) is 89.2 Å². The predicted molar refractivity (Wildman–Crippen MR) is 124 cm³/mol. The molecular weight excluding hydrogens is 402 g/mol. The van der Waals surface area contributed by atoms with E-state index in [1.54, 1.807) is 34.6 Å². The lowest BCUT2D eigenvalue weighted by Gasteiger charge is -2.08. The van der Waals surface area contributed by atoms with Crippen molar-refractivity contribution in [3.8, 4) is 28.1 Å². The van der Waals surface area contributed by atoms with Crippen LogP contribution < -0.4 is 10.3 Å². The molecule has 0 saturated heterocycles. The highest BCUT2D eigenvalue weighted by atomic mass is 16.5. The quantitative estimate of drug-likeness (QED) is 0.428. The number of benzene rings is 2. The average Bonchev–Trinajstić information content (AvgIpc) is 3.37. The van der Waals surface area contributed by atoms with Gasteiger partial charge < -0.3 is 13.9 Å². The summed E-state index contributed by atoms with van der Waals surface area (Å²) in [6.45, 7) is 0.393. The lowest BCUT2D eigenvalue weighted by Crippen LogP contribution is -2.13. The van der Waals surface area contributed by atoms with E-state index in [-0.39, 0.29) is 5.56 Å². The highest BCUT2D eigenvalue weighted by Crippen LogP contribution is 2.30. The Balaban J connectivity index is 1.37. The summed E-state index contributed by atoms with van der Waals surface area (Å²) in [6, 6.07) is 17.9. The number of para-hydroxylation sites is 1. The van der Waals surface area contributed by atoms with E-state index in [1.165, 1.54) is 0 Å². The van der Waals surface area contributed by atoms with Gasteiger partial charge in [0.15, 0.2) is 0 Å². The van der Waals surface area contributed by atoms with E-state index in [2.05, 4.69) is 52.5 Å². The highest BCUT2D eigenvalue weighted by molar-refractivity contribution is 5.92. The minimum atomic E-state index is -0.0541. The molecule has 0 bridgehead atoms. The SMILES string of the molecule is Cn1cc(-c2ccc(=O)n(C)c2)c(OCc2ccc(-c3cccc4c3ncn4C)cc2)n1. The van der Waals surface area contributed by atoms with Crippen LogP contribution in [-0.4, -0.2) is 23.9 Å². The minimum Gasteiger partial charge on any atom is -0.471 e. The maximum Gasteiger partial charge on any atom is 0.250 e. The zero-order chi connectivity index (χ0) is 22.2. The van der Waals surface area contributed by atoms with Gasteiger partial charge in [-0.2, -0.15) is 0 Å². The third-order valence-corrected chi connectivity index (χ3v) is 5.59. The molecule has 0 spiro atoms. The number of pyridine rings is 1. The zero-order valence-corrected chi connectivity index (χ0v) is 18.2. The van der Waals surface area contributed by atoms with Crippen LogP contribution in [0.1, 0.15) is 5.56 Å². The van der Waals surface area contributed by atoms with Crippen LogP contribution in [-0.2, 0) is 27.7 Å². The van der Waals surface area contributed by atoms with Crippen molar-refractivity contribution in [1.82, 2.24) is 23.9 Å². The van der Waals surface area contributed by atoms with E-state index in [4.69, 9.17) is 4.74 Å². The molecule has 0 amide bonds. The molecule has 0 radical (unpaired) electrons. The molecule has 32 heavy (non-hydrogen) atoms. The molecule has 2 aromatic carbocycles. The Hall–Kier alpha value is -4.13. The van der Waals surface area contributed by atoms with Crippen molar-refractivity contribution in [2.24, 2.45) is 21.1 Å². The van der Waals surface area contributed by atoms with Crippen LogP contribution >= 0.6 is 0 Å². The van der Waals surface area contributed by atoms with Gasteiger partial charge in [0.25, 0.3) is 0 Å². The molecule has 3 aromatic heterocycles. The van der Waals surface area contributed by atoms with Crippen molar-refractivity contribution in [1.29, 1.82) is 0 Å². The van der Waals surface area contributed by atoms with Gasteiger partial charge in [0.1, 0.15) is 6.61 Å². The second kappa shape index (κ2) is 7.85. The van der Waals surface area contributed by atoms with Gasteiger partial charge in [-0.25, -0.2) is 4.98 Å². The number of imidazole rings is 1. The Morgan fingerprint density at radius 3 is 2.41 bits per heavy atom. The van der Waals surface area contributed by atoms with Crippen molar-refractivity contribution in [3.63, 3.8) is 0 Å². The molecule has 0 saturated carbocycles. The fourth-order valence-electron chi connectivity index (χ4n) is 3.85. The van der Waals surface area contributed by atoms with Crippen LogP contribution in [0.15, 0.2) is 78.1 Å². The van der Waals surface area contributed by atoms with E-state index in [9.17, 15) is 4.79 Å². The predicted octanol–water partition coefficient (Wildman–Crippen LogP) is 3.92. The molecule has 5 aromatic rings. The van der Waals surface area contributed by atoms with Gasteiger partial charge in [0.05, 0.1) is 22.9 Å². The second-order valence-electron chi connectivity index (χ2n) is 7.90. The molecule has 0 fully saturated rings. The van der Waals surface area contributed by atoms with E-state index in [0.717, 1.165) is 38.9 Å². The molecule has 7 nitrogen and oxygen atoms in total. The summed E-state index contributed by atoms with van der Waals surface area (Å²) < 4.78 is 11.3. The van der Waals surface area contributed by atoms with Crippen LogP contribution in [0.4, 0.5) is 0 Å². The van der Waals surface area contributed by atoms with E-state index in [1.807, 2.05) is 31.2 Å². The number of aromatic nitrogens is 5. The molecule has 0 aliphatic rings. The molecule has 0 N–H and O–H groups in total. The normalized spacial score (nSPS) is 11.2. The number of ether oxygens (including phenoxy) is 1. The maximum atomic E-state index is 11.7. The first-order valence-corrected chi connectivity index (χ1v) is 10.3. The van der Waals surface area contributed by atoms with Crippen LogP contribution in [0.5, 0.6) is 5.88 Å². The first kappa shape index (κ1) is 19.8. The molecular formula is C25H23N5O2. The molecule has 0 unspecified atom stereocenters. The standard InChI is InChI=1S/C25H23N5O2/c1-28-13-19(11-12-23(28)31)21-14-30(3)27-25(21)32-15-17-7-9-18(10-8-17)20-5-4-6-22-24(20)26-16-29(22)2/h4-14,16H,15H2,1-3H3. The third-order valence-electron chi connectivity index (χ3n) is 5.59. The first-order chi connectivity index (χ1) is 15.5. The van der Waals surface area contributed by atoms with Crippen molar-refractivity contribution < 1.29 is 4.74 Å². The van der Waals surface area contributed by atoms with Crippen molar-refractivity contribution >= 4 is 11.0 Å². The van der Waals surface area contributed by atoms with Gasteiger partial charge in [-0.3, -0.25) is 9.48 Å². The number of hydrogen-bond acceptors (Lipinski definition) is 4. The van der Waals surface area contributed by atoms with Gasteiger partial charge in [-0.1, -0.05) is 36.4 Å². The summed E-state index contributed by atoms with van der Waals surface area (Å²) >= 11 is 0. The Bertz CT molecular complexity index is 1470. The molecule has 5 rings (SSSR count). The van der Waals surface area contributed by atoms with Crippen LogP contribution in [0.3, 0.4) is 0 Å². The Kier molecular flexibility index (Phi) is 4.86. The topological polar surface area (TPSA) is 66.9 Å². The summed E-state index contributed by atoms with van der Waals surface area (Å²) in [5.41, 5.74) is 7.04. The Morgan fingerprint density at radius 2 is 1.62 bits per heavy atom. The van der Waals surface area contributed by atoms with Crippen LogP contribution in [0.25, 0.3) is 33.3 Å². The highest BCUT2D eigenvalue weighted by Gasteiger charge is 2.13. The number of hydrogen-bond donors (Lipinski definition) is 0. The molecule has 0 atom stereocenters. The van der Waals surface area contributed by atoms with E-state index in [0.29, 0.717) is 12.5 Å². The molecule has 0 aliphatic carbocycles. The molecule has 0 aliphatic heterocycles. The fourth-order valence-corrected chi connectivity index (χ4v) is 3.85. The van der Waals surface area contributed by atoms with Crippen LogP contribution in [0.2, 0.25) is 0 Å².